The van der Waals surface area contributed by atoms with E-state index in [-0.39, 0.29) is 12.3 Å². The molecule has 3 aromatic rings. The van der Waals surface area contributed by atoms with Gasteiger partial charge in [0, 0.05) is 15.5 Å². The van der Waals surface area contributed by atoms with Crippen LogP contribution in [0.25, 0.3) is 10.9 Å². The maximum absolute atomic E-state index is 12.1. The monoisotopic (exact) mass is 398 g/mol. The molecule has 6 heteroatoms. The van der Waals surface area contributed by atoms with Crippen molar-refractivity contribution in [1.29, 1.82) is 0 Å². The van der Waals surface area contributed by atoms with Gasteiger partial charge in [0.05, 0.1) is 5.52 Å². The number of anilines is 1. The minimum atomic E-state index is -0.631. The molecule has 0 saturated carbocycles. The summed E-state index contributed by atoms with van der Waals surface area (Å²) in [5, 5.41) is 3.65. The summed E-state index contributed by atoms with van der Waals surface area (Å²) in [5.74, 6) is -1.03. The Labute approximate surface area is 153 Å². The van der Waals surface area contributed by atoms with E-state index in [0.29, 0.717) is 11.2 Å². The lowest BCUT2D eigenvalue weighted by Crippen LogP contribution is -2.21. The van der Waals surface area contributed by atoms with Gasteiger partial charge in [-0.2, -0.15) is 0 Å². The summed E-state index contributed by atoms with van der Waals surface area (Å²) < 4.78 is 5.98. The van der Waals surface area contributed by atoms with Crippen LogP contribution in [0.3, 0.4) is 0 Å². The minimum Gasteiger partial charge on any atom is -0.451 e. The van der Waals surface area contributed by atoms with E-state index >= 15 is 0 Å². The fraction of sp³-hybridized carbons (Fsp3) is 0.105. The predicted molar refractivity (Wildman–Crippen MR) is 99.5 cm³/mol. The van der Waals surface area contributed by atoms with Crippen molar-refractivity contribution in [1.82, 2.24) is 4.98 Å². The first kappa shape index (κ1) is 17.1. The first-order valence-corrected chi connectivity index (χ1v) is 8.41. The van der Waals surface area contributed by atoms with Crippen molar-refractivity contribution >= 4 is 44.4 Å². The quantitative estimate of drug-likeness (QED) is 0.671. The molecule has 0 spiro atoms. The summed E-state index contributed by atoms with van der Waals surface area (Å²) in [5.41, 5.74) is 2.46. The van der Waals surface area contributed by atoms with Crippen LogP contribution in [0, 0.1) is 6.92 Å². The van der Waals surface area contributed by atoms with E-state index in [1.807, 2.05) is 43.3 Å². The van der Waals surface area contributed by atoms with Crippen molar-refractivity contribution < 1.29 is 14.3 Å². The first-order chi connectivity index (χ1) is 12.0. The Morgan fingerprint density at radius 3 is 2.72 bits per heavy atom. The Bertz CT molecular complexity index is 956. The molecule has 2 aromatic carbocycles. The van der Waals surface area contributed by atoms with Gasteiger partial charge < -0.3 is 10.1 Å². The largest absolute Gasteiger partial charge is 0.451 e. The summed E-state index contributed by atoms with van der Waals surface area (Å²) >= 11 is 3.37. The van der Waals surface area contributed by atoms with E-state index in [9.17, 15) is 9.59 Å². The number of aromatic nitrogens is 1. The smallest absolute Gasteiger partial charge is 0.357 e. The van der Waals surface area contributed by atoms with Crippen LogP contribution in [0.5, 0.6) is 0 Å². The molecule has 0 bridgehead atoms. The second kappa shape index (κ2) is 7.44. The van der Waals surface area contributed by atoms with Crippen LogP contribution in [-0.2, 0) is 9.53 Å². The van der Waals surface area contributed by atoms with E-state index in [4.69, 9.17) is 4.74 Å². The van der Waals surface area contributed by atoms with Crippen LogP contribution in [0.4, 0.5) is 5.69 Å². The van der Waals surface area contributed by atoms with Gasteiger partial charge in [0.2, 0.25) is 0 Å². The van der Waals surface area contributed by atoms with Gasteiger partial charge in [0.1, 0.15) is 5.69 Å². The van der Waals surface area contributed by atoms with Crippen molar-refractivity contribution in [2.45, 2.75) is 6.92 Å². The average molecular weight is 399 g/mol. The zero-order valence-electron chi connectivity index (χ0n) is 13.5. The van der Waals surface area contributed by atoms with Crippen molar-refractivity contribution in [2.24, 2.45) is 0 Å². The van der Waals surface area contributed by atoms with Crippen LogP contribution < -0.4 is 5.32 Å². The van der Waals surface area contributed by atoms with Crippen molar-refractivity contribution in [2.75, 3.05) is 11.9 Å². The third-order valence-corrected chi connectivity index (χ3v) is 4.10. The molecule has 0 atom stereocenters. The van der Waals surface area contributed by atoms with Gasteiger partial charge in [-0.25, -0.2) is 9.78 Å². The van der Waals surface area contributed by atoms with Crippen LogP contribution in [0.2, 0.25) is 0 Å². The molecule has 0 unspecified atom stereocenters. The number of nitrogens with zero attached hydrogens (tertiary/aromatic N) is 1. The summed E-state index contributed by atoms with van der Waals surface area (Å²) in [6, 6.07) is 16.3. The number of benzene rings is 2. The Hall–Kier alpha value is -2.73. The Morgan fingerprint density at radius 1 is 1.12 bits per heavy atom. The summed E-state index contributed by atoms with van der Waals surface area (Å²) in [7, 11) is 0. The number of aryl methyl sites for hydroxylation is 1. The van der Waals surface area contributed by atoms with E-state index in [1.165, 1.54) is 0 Å². The first-order valence-electron chi connectivity index (χ1n) is 7.62. The molecule has 5 nitrogen and oxygen atoms in total. The molecule has 25 heavy (non-hydrogen) atoms. The molecule has 0 aliphatic rings. The molecule has 3 rings (SSSR count). The van der Waals surface area contributed by atoms with Gasteiger partial charge >= 0.3 is 5.97 Å². The molecule has 0 aliphatic carbocycles. The predicted octanol–water partition coefficient (Wildman–Crippen LogP) is 4.10. The number of esters is 1. The zero-order valence-corrected chi connectivity index (χ0v) is 15.0. The van der Waals surface area contributed by atoms with E-state index in [1.54, 1.807) is 18.2 Å². The number of fused-ring (bicyclic) bond motifs is 1. The highest BCUT2D eigenvalue weighted by Gasteiger charge is 2.13. The summed E-state index contributed by atoms with van der Waals surface area (Å²) in [6.07, 6.45) is 0. The number of hydrogen-bond donors (Lipinski definition) is 1. The lowest BCUT2D eigenvalue weighted by atomic mass is 10.2. The molecule has 0 aliphatic heterocycles. The minimum absolute atomic E-state index is 0.173. The SMILES string of the molecule is Cc1cc(Br)ccc1NC(=O)COC(=O)c1ccc2ccccc2n1. The standard InChI is InChI=1S/C19H15BrN2O3/c1-12-10-14(20)7-9-15(12)22-18(23)11-25-19(24)17-8-6-13-4-2-3-5-16(13)21-17/h2-10H,11H2,1H3,(H,22,23). The van der Waals surface area contributed by atoms with Gasteiger partial charge in [-0.05, 0) is 42.8 Å². The highest BCUT2D eigenvalue weighted by Crippen LogP contribution is 2.20. The van der Waals surface area contributed by atoms with Crippen molar-refractivity contribution in [3.8, 4) is 0 Å². The van der Waals surface area contributed by atoms with Crippen LogP contribution in [0.15, 0.2) is 59.1 Å². The molecule has 0 radical (unpaired) electrons. The van der Waals surface area contributed by atoms with Crippen LogP contribution in [0.1, 0.15) is 16.1 Å². The normalized spacial score (nSPS) is 10.5. The number of nitrogens with one attached hydrogen (secondary N) is 1. The molecule has 0 saturated heterocycles. The van der Waals surface area contributed by atoms with E-state index in [2.05, 4.69) is 26.2 Å². The molecule has 1 amide bonds. The van der Waals surface area contributed by atoms with Gasteiger partial charge in [-0.3, -0.25) is 4.79 Å². The molecular weight excluding hydrogens is 384 g/mol. The van der Waals surface area contributed by atoms with Gasteiger partial charge in [-0.15, -0.1) is 0 Å². The Kier molecular flexibility index (Phi) is 5.09. The molecule has 0 fully saturated rings. The number of rotatable bonds is 4. The average Bonchev–Trinajstić information content (AvgIpc) is 2.61. The molecule has 1 heterocycles. The molecule has 1 aromatic heterocycles. The van der Waals surface area contributed by atoms with E-state index in [0.717, 1.165) is 15.4 Å². The van der Waals surface area contributed by atoms with Crippen LogP contribution >= 0.6 is 15.9 Å². The number of carbonyl (C=O) groups excluding carboxylic acids is 2. The van der Waals surface area contributed by atoms with Crippen molar-refractivity contribution in [3.05, 3.63) is 70.3 Å². The summed E-state index contributed by atoms with van der Waals surface area (Å²) in [6.45, 7) is 1.51. The fourth-order valence-corrected chi connectivity index (χ4v) is 2.81. The second-order valence-electron chi connectivity index (χ2n) is 5.47. The second-order valence-corrected chi connectivity index (χ2v) is 6.39. The molecular formula is C19H15BrN2O3. The maximum atomic E-state index is 12.1. The lowest BCUT2D eigenvalue weighted by molar-refractivity contribution is -0.119. The number of ether oxygens (including phenoxy) is 1. The number of halogens is 1. The van der Waals surface area contributed by atoms with Gasteiger partial charge in [-0.1, -0.05) is 40.2 Å². The lowest BCUT2D eigenvalue weighted by Gasteiger charge is -2.09. The third-order valence-electron chi connectivity index (χ3n) is 3.60. The highest BCUT2D eigenvalue weighted by molar-refractivity contribution is 9.10. The topological polar surface area (TPSA) is 68.3 Å². The van der Waals surface area contributed by atoms with Crippen molar-refractivity contribution in [3.63, 3.8) is 0 Å². The van der Waals surface area contributed by atoms with Gasteiger partial charge in [0.15, 0.2) is 6.61 Å². The number of amides is 1. The fourth-order valence-electron chi connectivity index (χ4n) is 2.34. The molecule has 1 N–H and O–H groups in total. The highest BCUT2D eigenvalue weighted by atomic mass is 79.9. The van der Waals surface area contributed by atoms with Gasteiger partial charge in [0.25, 0.3) is 5.91 Å². The maximum Gasteiger partial charge on any atom is 0.357 e. The number of hydrogen-bond acceptors (Lipinski definition) is 4. The zero-order chi connectivity index (χ0) is 17.8. The number of pyridine rings is 1. The third kappa shape index (κ3) is 4.22. The Morgan fingerprint density at radius 2 is 1.92 bits per heavy atom. The molecule has 126 valence electrons. The Balaban J connectivity index is 1.61. The number of para-hydroxylation sites is 1. The number of carbonyl (C=O) groups is 2. The van der Waals surface area contributed by atoms with Crippen LogP contribution in [-0.4, -0.2) is 23.5 Å². The summed E-state index contributed by atoms with van der Waals surface area (Å²) in [4.78, 5) is 28.3. The van der Waals surface area contributed by atoms with E-state index < -0.39 is 11.9 Å².